The molecule has 2 rings (SSSR count). The van der Waals surface area contributed by atoms with Gasteiger partial charge < -0.3 is 15.2 Å². The van der Waals surface area contributed by atoms with E-state index < -0.39 is 12.1 Å². The van der Waals surface area contributed by atoms with Crippen LogP contribution in [0.25, 0.3) is 5.69 Å². The van der Waals surface area contributed by atoms with E-state index in [0.717, 1.165) is 24.1 Å². The number of methoxy groups -OCH3 is 1. The molecule has 1 atom stereocenters. The summed E-state index contributed by atoms with van der Waals surface area (Å²) in [6.45, 7) is 3.42. The predicted octanol–water partition coefficient (Wildman–Crippen LogP) is 1.99. The number of esters is 1. The molecule has 9 heteroatoms. The number of aryl methyl sites for hydroxylation is 1. The largest absolute Gasteiger partial charge is 0.467 e. The highest BCUT2D eigenvalue weighted by molar-refractivity contribution is 6.42. The third kappa shape index (κ3) is 4.55. The zero-order chi connectivity index (χ0) is 19.4. The van der Waals surface area contributed by atoms with Crippen molar-refractivity contribution in [3.8, 4) is 5.69 Å². The van der Waals surface area contributed by atoms with Gasteiger partial charge in [0.2, 0.25) is 5.91 Å². The quantitative estimate of drug-likeness (QED) is 0.724. The summed E-state index contributed by atoms with van der Waals surface area (Å²) in [6, 6.07) is 5.15. The first-order valence-electron chi connectivity index (χ1n) is 7.77. The van der Waals surface area contributed by atoms with Gasteiger partial charge in [0.1, 0.15) is 0 Å². The van der Waals surface area contributed by atoms with Crippen molar-refractivity contribution in [1.29, 1.82) is 0 Å². The van der Waals surface area contributed by atoms with Crippen LogP contribution in [0.15, 0.2) is 18.2 Å². The Labute approximate surface area is 160 Å². The van der Waals surface area contributed by atoms with Crippen molar-refractivity contribution in [2.45, 2.75) is 26.4 Å². The third-order valence-electron chi connectivity index (χ3n) is 3.89. The Hall–Kier alpha value is -2.09. The minimum absolute atomic E-state index is 0.0624. The lowest BCUT2D eigenvalue weighted by Crippen LogP contribution is -2.38. The van der Waals surface area contributed by atoms with E-state index in [0.29, 0.717) is 15.7 Å². The monoisotopic (exact) mass is 399 g/mol. The van der Waals surface area contributed by atoms with Gasteiger partial charge >= 0.3 is 5.97 Å². The second-order valence-electron chi connectivity index (χ2n) is 5.68. The van der Waals surface area contributed by atoms with E-state index >= 15 is 0 Å². The number of nitrogens with one attached hydrogen (secondary N) is 1. The van der Waals surface area contributed by atoms with Crippen molar-refractivity contribution in [1.82, 2.24) is 15.1 Å². The molecule has 26 heavy (non-hydrogen) atoms. The van der Waals surface area contributed by atoms with Gasteiger partial charge in [-0.3, -0.25) is 4.79 Å². The van der Waals surface area contributed by atoms with Crippen molar-refractivity contribution >= 4 is 35.1 Å². The van der Waals surface area contributed by atoms with Gasteiger partial charge in [0, 0.05) is 11.3 Å². The highest BCUT2D eigenvalue weighted by Crippen LogP contribution is 2.26. The Kier molecular flexibility index (Phi) is 6.63. The molecular formula is C17H19Cl2N3O4. The number of ether oxygens (including phenoxy) is 1. The molecule has 0 unspecified atom stereocenters. The smallest absolute Gasteiger partial charge is 0.336 e. The Bertz CT molecular complexity index is 836. The average molecular weight is 400 g/mol. The van der Waals surface area contributed by atoms with Gasteiger partial charge in [-0.2, -0.15) is 5.10 Å². The third-order valence-corrected chi connectivity index (χ3v) is 4.63. The van der Waals surface area contributed by atoms with E-state index in [-0.39, 0.29) is 18.9 Å². The molecule has 0 bridgehead atoms. The maximum absolute atomic E-state index is 12.1. The Morgan fingerprint density at radius 3 is 2.62 bits per heavy atom. The van der Waals surface area contributed by atoms with E-state index in [1.165, 1.54) is 0 Å². The minimum Gasteiger partial charge on any atom is -0.467 e. The van der Waals surface area contributed by atoms with Crippen molar-refractivity contribution in [3.63, 3.8) is 0 Å². The maximum atomic E-state index is 12.1. The Morgan fingerprint density at radius 2 is 2.00 bits per heavy atom. The SMILES string of the molecule is COC(=O)[C@H](O)CNC(=O)Cc1c(C)nn(-c2ccc(Cl)c(Cl)c2)c1C. The molecule has 0 aliphatic rings. The summed E-state index contributed by atoms with van der Waals surface area (Å²) in [6.07, 6.45) is -1.34. The van der Waals surface area contributed by atoms with Crippen LogP contribution >= 0.6 is 23.2 Å². The molecule has 0 saturated carbocycles. The van der Waals surface area contributed by atoms with Gasteiger partial charge in [0.15, 0.2) is 6.10 Å². The zero-order valence-electron chi connectivity index (χ0n) is 14.5. The number of aliphatic hydroxyl groups excluding tert-OH is 1. The molecule has 0 aliphatic carbocycles. The van der Waals surface area contributed by atoms with E-state index in [1.807, 2.05) is 6.92 Å². The second kappa shape index (κ2) is 8.53. The number of rotatable bonds is 6. The number of halogens is 2. The molecule has 140 valence electrons. The molecule has 1 aromatic carbocycles. The van der Waals surface area contributed by atoms with Gasteiger partial charge in [0.05, 0.1) is 41.5 Å². The Balaban J connectivity index is 2.13. The number of carbonyl (C=O) groups excluding carboxylic acids is 2. The molecule has 2 N–H and O–H groups in total. The first kappa shape index (κ1) is 20.2. The summed E-state index contributed by atoms with van der Waals surface area (Å²) in [5, 5.41) is 17.3. The standard InChI is InChI=1S/C17H19Cl2N3O4/c1-9-12(7-16(24)20-8-15(23)17(25)26-3)10(2)22(21-9)11-4-5-13(18)14(19)6-11/h4-6,15,23H,7-8H2,1-3H3,(H,20,24)/t15-/m1/s1. The van der Waals surface area contributed by atoms with Crippen LogP contribution in [0.4, 0.5) is 0 Å². The van der Waals surface area contributed by atoms with E-state index in [4.69, 9.17) is 23.2 Å². The van der Waals surface area contributed by atoms with Gasteiger partial charge in [-0.25, -0.2) is 9.48 Å². The highest BCUT2D eigenvalue weighted by atomic mass is 35.5. The predicted molar refractivity (Wildman–Crippen MR) is 97.8 cm³/mol. The number of aliphatic hydroxyl groups is 1. The van der Waals surface area contributed by atoms with E-state index in [9.17, 15) is 14.7 Å². The lowest BCUT2D eigenvalue weighted by Gasteiger charge is -2.10. The topological polar surface area (TPSA) is 93.4 Å². The van der Waals surface area contributed by atoms with Crippen molar-refractivity contribution in [2.24, 2.45) is 0 Å². The van der Waals surface area contributed by atoms with Gasteiger partial charge in [-0.1, -0.05) is 23.2 Å². The summed E-state index contributed by atoms with van der Waals surface area (Å²) < 4.78 is 6.08. The number of carbonyl (C=O) groups is 2. The van der Waals surface area contributed by atoms with Gasteiger partial charge in [0.25, 0.3) is 0 Å². The van der Waals surface area contributed by atoms with Crippen LogP contribution in [0.5, 0.6) is 0 Å². The van der Waals surface area contributed by atoms with E-state index in [1.54, 1.807) is 29.8 Å². The lowest BCUT2D eigenvalue weighted by molar-refractivity contribution is -0.150. The van der Waals surface area contributed by atoms with Crippen molar-refractivity contribution < 1.29 is 19.4 Å². The summed E-state index contributed by atoms with van der Waals surface area (Å²) in [5.74, 6) is -1.14. The first-order valence-corrected chi connectivity index (χ1v) is 8.53. The lowest BCUT2D eigenvalue weighted by atomic mass is 10.1. The molecule has 0 spiro atoms. The normalized spacial score (nSPS) is 11.9. The second-order valence-corrected chi connectivity index (χ2v) is 6.49. The van der Waals surface area contributed by atoms with E-state index in [2.05, 4.69) is 15.2 Å². The van der Waals surface area contributed by atoms with Crippen molar-refractivity contribution in [3.05, 3.63) is 45.2 Å². The zero-order valence-corrected chi connectivity index (χ0v) is 16.1. The van der Waals surface area contributed by atoms with Gasteiger partial charge in [-0.05, 0) is 32.0 Å². The highest BCUT2D eigenvalue weighted by Gasteiger charge is 2.19. The minimum atomic E-state index is -1.40. The molecule has 1 aromatic heterocycles. The molecule has 1 amide bonds. The molecule has 0 fully saturated rings. The number of aromatic nitrogens is 2. The number of nitrogens with zero attached hydrogens (tertiary/aromatic N) is 2. The Morgan fingerprint density at radius 1 is 1.31 bits per heavy atom. The van der Waals surface area contributed by atoms with Crippen molar-refractivity contribution in [2.75, 3.05) is 13.7 Å². The molecule has 0 saturated heterocycles. The van der Waals surface area contributed by atoms with Crippen LogP contribution < -0.4 is 5.32 Å². The first-order chi connectivity index (χ1) is 12.2. The van der Waals surface area contributed by atoms with Crippen LogP contribution in [0.1, 0.15) is 17.0 Å². The van der Waals surface area contributed by atoms with Crippen LogP contribution in [-0.4, -0.2) is 46.5 Å². The molecule has 2 aromatic rings. The summed E-state index contributed by atoms with van der Waals surface area (Å²) in [4.78, 5) is 23.3. The van der Waals surface area contributed by atoms with Crippen LogP contribution in [0, 0.1) is 13.8 Å². The summed E-state index contributed by atoms with van der Waals surface area (Å²) in [7, 11) is 1.16. The van der Waals surface area contributed by atoms with Crippen LogP contribution in [-0.2, 0) is 20.7 Å². The summed E-state index contributed by atoms with van der Waals surface area (Å²) in [5.41, 5.74) is 2.95. The number of benzene rings is 1. The maximum Gasteiger partial charge on any atom is 0.336 e. The molecule has 7 nitrogen and oxygen atoms in total. The number of amides is 1. The molecule has 0 radical (unpaired) electrons. The molecular weight excluding hydrogens is 381 g/mol. The average Bonchev–Trinajstić information content (AvgIpc) is 2.89. The van der Waals surface area contributed by atoms with Crippen LogP contribution in [0.2, 0.25) is 10.0 Å². The molecule has 1 heterocycles. The van der Waals surface area contributed by atoms with Crippen LogP contribution in [0.3, 0.4) is 0 Å². The number of hydrogen-bond acceptors (Lipinski definition) is 5. The summed E-state index contributed by atoms with van der Waals surface area (Å²) >= 11 is 12.0. The molecule has 0 aliphatic heterocycles. The fourth-order valence-corrected chi connectivity index (χ4v) is 2.74. The fourth-order valence-electron chi connectivity index (χ4n) is 2.45. The fraction of sp³-hybridized carbons (Fsp3) is 0.353. The number of hydrogen-bond donors (Lipinski definition) is 2. The van der Waals surface area contributed by atoms with Gasteiger partial charge in [-0.15, -0.1) is 0 Å².